The molecule has 0 unspecified atom stereocenters. The summed E-state index contributed by atoms with van der Waals surface area (Å²) in [5, 5.41) is 7.63. The summed E-state index contributed by atoms with van der Waals surface area (Å²) in [6.45, 7) is 1.78. The zero-order chi connectivity index (χ0) is 26.2. The third kappa shape index (κ3) is 5.37. The number of alkyl halides is 3. The molecule has 0 aliphatic carbocycles. The van der Waals surface area contributed by atoms with Gasteiger partial charge in [-0.25, -0.2) is 9.67 Å². The van der Waals surface area contributed by atoms with Gasteiger partial charge in [-0.15, -0.1) is 0 Å². The van der Waals surface area contributed by atoms with Crippen molar-refractivity contribution in [2.45, 2.75) is 25.1 Å². The number of halogens is 4. The van der Waals surface area contributed by atoms with Crippen molar-refractivity contribution in [3.63, 3.8) is 0 Å². The number of piperidine rings is 1. The van der Waals surface area contributed by atoms with Crippen molar-refractivity contribution in [1.82, 2.24) is 24.6 Å². The quantitative estimate of drug-likeness (QED) is 0.381. The van der Waals surface area contributed by atoms with Gasteiger partial charge in [-0.3, -0.25) is 9.78 Å². The standard InChI is InChI=1S/C25H22ClF3N6O2/c1-34-8-6-17(7-9-34)37-24-20(26)10-16(12-31-24)32-23(36)19-14-35(33-22(19)25(27,28)29)21-13-30-11-15-4-2-3-5-18(15)21/h2-5,10-14,17H,6-9H2,1H3,(H,32,36). The van der Waals surface area contributed by atoms with Gasteiger partial charge in [0, 0.05) is 36.3 Å². The monoisotopic (exact) mass is 530 g/mol. The molecule has 0 radical (unpaired) electrons. The molecule has 4 heterocycles. The van der Waals surface area contributed by atoms with E-state index in [0.29, 0.717) is 11.1 Å². The summed E-state index contributed by atoms with van der Waals surface area (Å²) in [7, 11) is 2.03. The number of carbonyl (C=O) groups excluding carboxylic acids is 1. The maximum atomic E-state index is 13.8. The molecule has 1 aliphatic rings. The second kappa shape index (κ2) is 9.98. The van der Waals surface area contributed by atoms with E-state index in [9.17, 15) is 18.0 Å². The minimum absolute atomic E-state index is 0.0367. The third-order valence-electron chi connectivity index (χ3n) is 6.13. The Bertz CT molecular complexity index is 1440. The van der Waals surface area contributed by atoms with Gasteiger partial charge < -0.3 is 15.0 Å². The van der Waals surface area contributed by atoms with E-state index in [4.69, 9.17) is 16.3 Å². The highest BCUT2D eigenvalue weighted by Gasteiger charge is 2.39. The SMILES string of the molecule is CN1CCC(Oc2ncc(NC(=O)c3cn(-c4cncc5ccccc45)nc3C(F)(F)F)cc2Cl)CC1. The van der Waals surface area contributed by atoms with Crippen molar-refractivity contribution in [3.05, 3.63) is 71.4 Å². The summed E-state index contributed by atoms with van der Waals surface area (Å²) >= 11 is 6.30. The van der Waals surface area contributed by atoms with Crippen LogP contribution >= 0.6 is 11.6 Å². The van der Waals surface area contributed by atoms with Gasteiger partial charge in [0.1, 0.15) is 11.1 Å². The maximum Gasteiger partial charge on any atom is 0.435 e. The van der Waals surface area contributed by atoms with E-state index in [1.165, 1.54) is 18.5 Å². The fraction of sp³-hybridized carbons (Fsp3) is 0.280. The molecular formula is C25H22ClF3N6O2. The maximum absolute atomic E-state index is 13.8. The molecular weight excluding hydrogens is 509 g/mol. The van der Waals surface area contributed by atoms with Crippen LogP contribution in [0.15, 0.2) is 55.1 Å². The molecule has 0 bridgehead atoms. The topological polar surface area (TPSA) is 85.2 Å². The molecule has 1 fully saturated rings. The van der Waals surface area contributed by atoms with Crippen molar-refractivity contribution in [3.8, 4) is 11.6 Å². The molecule has 12 heteroatoms. The summed E-state index contributed by atoms with van der Waals surface area (Å²) in [4.78, 5) is 23.4. The average molecular weight is 531 g/mol. The first-order chi connectivity index (χ1) is 17.7. The van der Waals surface area contributed by atoms with E-state index in [0.717, 1.165) is 42.2 Å². The van der Waals surface area contributed by atoms with E-state index in [2.05, 4.69) is 25.3 Å². The highest BCUT2D eigenvalue weighted by atomic mass is 35.5. The van der Waals surface area contributed by atoms with E-state index >= 15 is 0 Å². The number of nitrogens with zero attached hydrogens (tertiary/aromatic N) is 5. The highest BCUT2D eigenvalue weighted by molar-refractivity contribution is 6.32. The van der Waals surface area contributed by atoms with Gasteiger partial charge in [-0.1, -0.05) is 35.9 Å². The number of likely N-dealkylation sites (tertiary alicyclic amines) is 1. The third-order valence-corrected chi connectivity index (χ3v) is 6.40. The van der Waals surface area contributed by atoms with Crippen LogP contribution in [0.5, 0.6) is 5.88 Å². The zero-order valence-electron chi connectivity index (χ0n) is 19.7. The van der Waals surface area contributed by atoms with Crippen molar-refractivity contribution < 1.29 is 22.7 Å². The Morgan fingerprint density at radius 3 is 2.65 bits per heavy atom. The molecule has 3 aromatic heterocycles. The molecule has 0 spiro atoms. The second-order valence-electron chi connectivity index (χ2n) is 8.80. The summed E-state index contributed by atoms with van der Waals surface area (Å²) in [6, 6.07) is 8.46. The fourth-order valence-electron chi connectivity index (χ4n) is 4.20. The van der Waals surface area contributed by atoms with E-state index in [1.807, 2.05) is 7.05 Å². The molecule has 192 valence electrons. The van der Waals surface area contributed by atoms with Crippen LogP contribution in [0.1, 0.15) is 28.9 Å². The number of pyridine rings is 2. The van der Waals surface area contributed by atoms with E-state index < -0.39 is 23.3 Å². The molecule has 0 atom stereocenters. The number of anilines is 1. The number of benzene rings is 1. The van der Waals surface area contributed by atoms with Crippen molar-refractivity contribution in [2.75, 3.05) is 25.5 Å². The van der Waals surface area contributed by atoms with Crippen LogP contribution in [-0.4, -0.2) is 56.8 Å². The van der Waals surface area contributed by atoms with Crippen molar-refractivity contribution in [1.29, 1.82) is 0 Å². The number of fused-ring (bicyclic) bond motifs is 1. The number of rotatable bonds is 5. The Morgan fingerprint density at radius 1 is 1.16 bits per heavy atom. The Hall–Kier alpha value is -3.70. The zero-order valence-corrected chi connectivity index (χ0v) is 20.4. The minimum Gasteiger partial charge on any atom is -0.473 e. The molecule has 1 saturated heterocycles. The number of amides is 1. The molecule has 1 aliphatic heterocycles. The highest BCUT2D eigenvalue weighted by Crippen LogP contribution is 2.33. The average Bonchev–Trinajstić information content (AvgIpc) is 3.33. The fourth-order valence-corrected chi connectivity index (χ4v) is 4.41. The summed E-state index contributed by atoms with van der Waals surface area (Å²) < 4.78 is 48.4. The first kappa shape index (κ1) is 25.0. The van der Waals surface area contributed by atoms with Gasteiger partial charge in [0.25, 0.3) is 5.91 Å². The van der Waals surface area contributed by atoms with Crippen molar-refractivity contribution in [2.24, 2.45) is 0 Å². The lowest BCUT2D eigenvalue weighted by Gasteiger charge is -2.29. The first-order valence-electron chi connectivity index (χ1n) is 11.5. The summed E-state index contributed by atoms with van der Waals surface area (Å²) in [6.07, 6.45) is 2.06. The molecule has 37 heavy (non-hydrogen) atoms. The van der Waals surface area contributed by atoms with Crippen LogP contribution in [0.3, 0.4) is 0 Å². The number of aromatic nitrogens is 4. The molecule has 5 rings (SSSR count). The smallest absolute Gasteiger partial charge is 0.435 e. The molecule has 0 saturated carbocycles. The van der Waals surface area contributed by atoms with Gasteiger partial charge >= 0.3 is 6.18 Å². The van der Waals surface area contributed by atoms with Gasteiger partial charge in [0.2, 0.25) is 5.88 Å². The van der Waals surface area contributed by atoms with Crippen LogP contribution in [0, 0.1) is 0 Å². The summed E-state index contributed by atoms with van der Waals surface area (Å²) in [5.74, 6) is -0.796. The minimum atomic E-state index is -4.86. The number of ether oxygens (including phenoxy) is 1. The normalized spacial score (nSPS) is 15.2. The molecule has 8 nitrogen and oxygen atoms in total. The van der Waals surface area contributed by atoms with Crippen LogP contribution in [0.2, 0.25) is 5.02 Å². The van der Waals surface area contributed by atoms with Gasteiger partial charge in [-0.05, 0) is 26.0 Å². The number of hydrogen-bond donors (Lipinski definition) is 1. The summed E-state index contributed by atoms with van der Waals surface area (Å²) in [5.41, 5.74) is -1.54. The lowest BCUT2D eigenvalue weighted by atomic mass is 10.1. The Balaban J connectivity index is 1.40. The van der Waals surface area contributed by atoms with Crippen LogP contribution in [0.4, 0.5) is 18.9 Å². The van der Waals surface area contributed by atoms with Gasteiger partial charge in [0.05, 0.1) is 29.3 Å². The first-order valence-corrected chi connectivity index (χ1v) is 11.9. The predicted octanol–water partition coefficient (Wildman–Crippen LogP) is 5.21. The molecule has 1 amide bonds. The predicted molar refractivity (Wildman–Crippen MR) is 132 cm³/mol. The second-order valence-corrected chi connectivity index (χ2v) is 9.21. The van der Waals surface area contributed by atoms with Gasteiger partial charge in [-0.2, -0.15) is 18.3 Å². The van der Waals surface area contributed by atoms with Crippen LogP contribution in [-0.2, 0) is 6.18 Å². The van der Waals surface area contributed by atoms with E-state index in [-0.39, 0.29) is 22.7 Å². The lowest BCUT2D eigenvalue weighted by molar-refractivity contribution is -0.141. The van der Waals surface area contributed by atoms with E-state index in [1.54, 1.807) is 30.5 Å². The molecule has 4 aromatic rings. The number of nitrogens with one attached hydrogen (secondary N) is 1. The number of hydrogen-bond acceptors (Lipinski definition) is 6. The Kier molecular flexibility index (Phi) is 6.74. The molecule has 1 N–H and O–H groups in total. The Labute approximate surface area is 215 Å². The van der Waals surface area contributed by atoms with Gasteiger partial charge in [0.15, 0.2) is 5.69 Å². The van der Waals surface area contributed by atoms with Crippen molar-refractivity contribution >= 4 is 34.0 Å². The van der Waals surface area contributed by atoms with Crippen LogP contribution in [0.25, 0.3) is 16.5 Å². The lowest BCUT2D eigenvalue weighted by Crippen LogP contribution is -2.35. The van der Waals surface area contributed by atoms with Crippen LogP contribution < -0.4 is 10.1 Å². The number of carbonyl (C=O) groups is 1. The largest absolute Gasteiger partial charge is 0.473 e. The Morgan fingerprint density at radius 2 is 1.92 bits per heavy atom. The molecule has 1 aromatic carbocycles.